The summed E-state index contributed by atoms with van der Waals surface area (Å²) in [7, 11) is 0. The van der Waals surface area contributed by atoms with Crippen LogP contribution < -0.4 is 5.32 Å². The van der Waals surface area contributed by atoms with Gasteiger partial charge < -0.3 is 9.88 Å². The van der Waals surface area contributed by atoms with Gasteiger partial charge in [-0.3, -0.25) is 0 Å². The first-order chi connectivity index (χ1) is 10.3. The lowest BCUT2D eigenvalue weighted by atomic mass is 10.1. The smallest absolute Gasteiger partial charge is 0.0486 e. The second-order valence-electron chi connectivity index (χ2n) is 5.61. The fourth-order valence-electron chi connectivity index (χ4n) is 2.75. The Bertz CT molecular complexity index is 740. The Morgan fingerprint density at radius 1 is 1.00 bits per heavy atom. The average molecular weight is 278 g/mol. The van der Waals surface area contributed by atoms with Crippen LogP contribution in [0.15, 0.2) is 54.7 Å². The second kappa shape index (κ2) is 6.15. The van der Waals surface area contributed by atoms with Crippen LogP contribution in [0.4, 0.5) is 0 Å². The van der Waals surface area contributed by atoms with E-state index >= 15 is 0 Å². The summed E-state index contributed by atoms with van der Waals surface area (Å²) < 4.78 is 2.33. The average Bonchev–Trinajstić information content (AvgIpc) is 2.88. The van der Waals surface area contributed by atoms with Gasteiger partial charge in [0.15, 0.2) is 0 Å². The summed E-state index contributed by atoms with van der Waals surface area (Å²) in [5.74, 6) is 0. The Labute approximate surface area is 126 Å². The van der Waals surface area contributed by atoms with E-state index in [9.17, 15) is 0 Å². The monoisotopic (exact) mass is 278 g/mol. The first kappa shape index (κ1) is 13.9. The van der Waals surface area contributed by atoms with Crippen molar-refractivity contribution in [1.29, 1.82) is 0 Å². The maximum absolute atomic E-state index is 3.39. The van der Waals surface area contributed by atoms with Crippen molar-refractivity contribution in [1.82, 2.24) is 9.88 Å². The lowest BCUT2D eigenvalue weighted by Gasteiger charge is -2.08. The lowest BCUT2D eigenvalue weighted by Crippen LogP contribution is -2.11. The molecule has 0 saturated carbocycles. The van der Waals surface area contributed by atoms with Crippen LogP contribution in [0, 0.1) is 6.92 Å². The molecule has 0 spiro atoms. The Hall–Kier alpha value is -2.06. The van der Waals surface area contributed by atoms with Gasteiger partial charge in [0.1, 0.15) is 0 Å². The molecule has 0 bridgehead atoms. The third-order valence-electron chi connectivity index (χ3n) is 3.85. The number of fused-ring (bicyclic) bond motifs is 1. The Morgan fingerprint density at radius 3 is 2.71 bits per heavy atom. The highest BCUT2D eigenvalue weighted by molar-refractivity contribution is 5.81. The van der Waals surface area contributed by atoms with Crippen LogP contribution in [-0.4, -0.2) is 11.1 Å². The zero-order valence-corrected chi connectivity index (χ0v) is 12.8. The molecule has 3 aromatic rings. The minimum absolute atomic E-state index is 0.926. The number of nitrogens with one attached hydrogen (secondary N) is 1. The zero-order valence-electron chi connectivity index (χ0n) is 12.8. The fraction of sp³-hybridized carbons (Fsp3) is 0.263. The molecule has 1 heterocycles. The highest BCUT2D eigenvalue weighted by atomic mass is 14.9. The minimum atomic E-state index is 0.926. The van der Waals surface area contributed by atoms with Gasteiger partial charge in [0.25, 0.3) is 0 Å². The van der Waals surface area contributed by atoms with Crippen molar-refractivity contribution in [3.05, 3.63) is 71.4 Å². The van der Waals surface area contributed by atoms with Crippen molar-refractivity contribution < 1.29 is 0 Å². The standard InChI is InChI=1S/C19H22N2/c1-3-20-13-16-7-8-18-9-10-21(19(18)12-16)14-17-6-4-5-15(2)11-17/h4-12,20H,3,13-14H2,1-2H3. The highest BCUT2D eigenvalue weighted by Crippen LogP contribution is 2.19. The topological polar surface area (TPSA) is 17.0 Å². The van der Waals surface area contributed by atoms with Crippen molar-refractivity contribution in [2.45, 2.75) is 26.9 Å². The van der Waals surface area contributed by atoms with Crippen LogP contribution >= 0.6 is 0 Å². The molecule has 0 radical (unpaired) electrons. The van der Waals surface area contributed by atoms with E-state index in [1.807, 2.05) is 0 Å². The van der Waals surface area contributed by atoms with Gasteiger partial charge >= 0.3 is 0 Å². The number of aryl methyl sites for hydroxylation is 1. The quantitative estimate of drug-likeness (QED) is 0.743. The van der Waals surface area contributed by atoms with Crippen LogP contribution in [0.1, 0.15) is 23.6 Å². The molecule has 0 aliphatic rings. The molecule has 108 valence electrons. The van der Waals surface area contributed by atoms with Crippen LogP contribution in [0.2, 0.25) is 0 Å². The van der Waals surface area contributed by atoms with Gasteiger partial charge in [-0.15, -0.1) is 0 Å². The predicted octanol–water partition coefficient (Wildman–Crippen LogP) is 4.11. The number of rotatable bonds is 5. The van der Waals surface area contributed by atoms with E-state index in [0.29, 0.717) is 0 Å². The van der Waals surface area contributed by atoms with Gasteiger partial charge in [0, 0.05) is 24.8 Å². The molecule has 1 aromatic heterocycles. The van der Waals surface area contributed by atoms with Gasteiger partial charge in [0.2, 0.25) is 0 Å². The third-order valence-corrected chi connectivity index (χ3v) is 3.85. The highest BCUT2D eigenvalue weighted by Gasteiger charge is 2.03. The molecule has 0 saturated heterocycles. The van der Waals surface area contributed by atoms with Gasteiger partial charge in [0.05, 0.1) is 0 Å². The predicted molar refractivity (Wildman–Crippen MR) is 89.6 cm³/mol. The largest absolute Gasteiger partial charge is 0.343 e. The van der Waals surface area contributed by atoms with Gasteiger partial charge in [-0.25, -0.2) is 0 Å². The van der Waals surface area contributed by atoms with E-state index in [0.717, 1.165) is 19.6 Å². The van der Waals surface area contributed by atoms with E-state index in [-0.39, 0.29) is 0 Å². The maximum atomic E-state index is 3.39. The van der Waals surface area contributed by atoms with Gasteiger partial charge in [-0.2, -0.15) is 0 Å². The number of nitrogens with zero attached hydrogens (tertiary/aromatic N) is 1. The van der Waals surface area contributed by atoms with Crippen LogP contribution in [0.3, 0.4) is 0 Å². The molecule has 1 N–H and O–H groups in total. The summed E-state index contributed by atoms with van der Waals surface area (Å²) in [6.45, 7) is 7.14. The molecule has 0 fully saturated rings. The summed E-state index contributed by atoms with van der Waals surface area (Å²) in [5.41, 5.74) is 5.32. The van der Waals surface area contributed by atoms with Crippen LogP contribution in [0.5, 0.6) is 0 Å². The van der Waals surface area contributed by atoms with Gasteiger partial charge in [-0.1, -0.05) is 48.9 Å². The lowest BCUT2D eigenvalue weighted by molar-refractivity contribution is 0.726. The molecule has 3 rings (SSSR count). The fourth-order valence-corrected chi connectivity index (χ4v) is 2.75. The third kappa shape index (κ3) is 3.17. The molecule has 21 heavy (non-hydrogen) atoms. The molecular weight excluding hydrogens is 256 g/mol. The molecule has 0 aliphatic heterocycles. The summed E-state index contributed by atoms with van der Waals surface area (Å²) in [6, 6.07) is 17.7. The summed E-state index contributed by atoms with van der Waals surface area (Å²) in [5, 5.41) is 4.70. The van der Waals surface area contributed by atoms with Crippen molar-refractivity contribution in [2.24, 2.45) is 0 Å². The normalized spacial score (nSPS) is 11.1. The zero-order chi connectivity index (χ0) is 14.7. The molecule has 2 heteroatoms. The van der Waals surface area contributed by atoms with Gasteiger partial charge in [-0.05, 0) is 42.1 Å². The number of aromatic nitrogens is 1. The van der Waals surface area contributed by atoms with Crippen LogP contribution in [-0.2, 0) is 13.1 Å². The minimum Gasteiger partial charge on any atom is -0.343 e. The summed E-state index contributed by atoms with van der Waals surface area (Å²) >= 11 is 0. The molecular formula is C19H22N2. The molecule has 0 aliphatic carbocycles. The van der Waals surface area contributed by atoms with E-state index in [4.69, 9.17) is 0 Å². The molecule has 0 unspecified atom stereocenters. The van der Waals surface area contributed by atoms with Crippen LogP contribution in [0.25, 0.3) is 10.9 Å². The number of hydrogen-bond donors (Lipinski definition) is 1. The Morgan fingerprint density at radius 2 is 1.90 bits per heavy atom. The number of benzene rings is 2. The van der Waals surface area contributed by atoms with E-state index in [1.165, 1.54) is 27.6 Å². The van der Waals surface area contributed by atoms with Crippen molar-refractivity contribution in [3.63, 3.8) is 0 Å². The van der Waals surface area contributed by atoms with E-state index in [1.54, 1.807) is 0 Å². The molecule has 0 amide bonds. The SMILES string of the molecule is CCNCc1ccc2ccn(Cc3cccc(C)c3)c2c1. The molecule has 2 nitrogen and oxygen atoms in total. The summed E-state index contributed by atoms with van der Waals surface area (Å²) in [6.07, 6.45) is 2.18. The Kier molecular flexibility index (Phi) is 4.07. The maximum Gasteiger partial charge on any atom is 0.0486 e. The van der Waals surface area contributed by atoms with E-state index in [2.05, 4.69) is 78.5 Å². The second-order valence-corrected chi connectivity index (χ2v) is 5.61. The first-order valence-corrected chi connectivity index (χ1v) is 7.60. The van der Waals surface area contributed by atoms with E-state index < -0.39 is 0 Å². The Balaban J connectivity index is 1.91. The first-order valence-electron chi connectivity index (χ1n) is 7.60. The number of hydrogen-bond acceptors (Lipinski definition) is 1. The summed E-state index contributed by atoms with van der Waals surface area (Å²) in [4.78, 5) is 0. The molecule has 0 atom stereocenters. The van der Waals surface area contributed by atoms with Crippen molar-refractivity contribution in [3.8, 4) is 0 Å². The molecule has 2 aromatic carbocycles. The van der Waals surface area contributed by atoms with Crippen molar-refractivity contribution >= 4 is 10.9 Å². The van der Waals surface area contributed by atoms with Crippen molar-refractivity contribution in [2.75, 3.05) is 6.54 Å².